The number of hydrogen-bond donors (Lipinski definition) is 0. The van der Waals surface area contributed by atoms with Crippen molar-refractivity contribution < 1.29 is 18.1 Å². The molecule has 0 atom stereocenters. The van der Waals surface area contributed by atoms with E-state index >= 15 is 0 Å². The van der Waals surface area contributed by atoms with Gasteiger partial charge in [-0.15, -0.1) is 0 Å². The van der Waals surface area contributed by atoms with Gasteiger partial charge in [-0.3, -0.25) is 0 Å². The van der Waals surface area contributed by atoms with Gasteiger partial charge in [0.2, 0.25) is 3.79 Å². The van der Waals surface area contributed by atoms with Gasteiger partial charge in [-0.05, 0) is 48.5 Å². The van der Waals surface area contributed by atoms with Crippen LogP contribution < -0.4 is 13.6 Å². The van der Waals surface area contributed by atoms with Gasteiger partial charge in [0.1, 0.15) is 17.2 Å². The van der Waals surface area contributed by atoms with Gasteiger partial charge >= 0.3 is 7.82 Å². The summed E-state index contributed by atoms with van der Waals surface area (Å²) in [6.07, 6.45) is 0. The van der Waals surface area contributed by atoms with Crippen LogP contribution in [0, 0.1) is 0 Å². The maximum atomic E-state index is 13.6. The van der Waals surface area contributed by atoms with Gasteiger partial charge in [0.15, 0.2) is 0 Å². The summed E-state index contributed by atoms with van der Waals surface area (Å²) in [7, 11) is -4.20. The van der Waals surface area contributed by atoms with Crippen LogP contribution in [-0.4, -0.2) is 3.79 Å². The summed E-state index contributed by atoms with van der Waals surface area (Å²) >= 11 is 31.4. The third-order valence-corrected chi connectivity index (χ3v) is 6.67. The minimum Gasteiger partial charge on any atom is -0.386 e. The van der Waals surface area contributed by atoms with Crippen molar-refractivity contribution in [2.45, 2.75) is 9.71 Å². The van der Waals surface area contributed by atoms with Gasteiger partial charge in [-0.2, -0.15) is 4.57 Å². The van der Waals surface area contributed by atoms with Crippen molar-refractivity contribution in [2.24, 2.45) is 0 Å². The molecule has 0 spiro atoms. The van der Waals surface area contributed by atoms with Gasteiger partial charge in [0, 0.05) is 21.2 Å². The first kappa shape index (κ1) is 22.0. The zero-order valence-electron chi connectivity index (χ0n) is 14.9. The summed E-state index contributed by atoms with van der Waals surface area (Å²) in [5.74, 6) is -0.304. The number of phosphoric ester groups is 1. The first-order valence-corrected chi connectivity index (χ1v) is 11.9. The number of fused-ring (bicyclic) bond motifs is 2. The second-order valence-corrected chi connectivity index (χ2v) is 11.1. The Morgan fingerprint density at radius 2 is 1.30 bits per heavy atom. The Labute approximate surface area is 198 Å². The van der Waals surface area contributed by atoms with Gasteiger partial charge in [0.05, 0.1) is 5.92 Å². The summed E-state index contributed by atoms with van der Waals surface area (Å²) in [6, 6.07) is 17.8. The molecular weight excluding hydrogens is 512 g/mol. The predicted octanol–water partition coefficient (Wildman–Crippen LogP) is 8.45. The lowest BCUT2D eigenvalue weighted by Crippen LogP contribution is -2.23. The van der Waals surface area contributed by atoms with Crippen molar-refractivity contribution in [3.8, 4) is 17.2 Å². The van der Waals surface area contributed by atoms with Crippen molar-refractivity contribution in [2.75, 3.05) is 0 Å². The SMILES string of the molecule is O=P1(Oc2ccccc2)Oc2ccc(Cl)cc2C(C(Cl)(Cl)Cl)c2cc(Cl)ccc2O1. The number of benzene rings is 3. The standard InChI is InChI=1S/C20H12Cl5O4P/c21-12-6-8-17-15(10-12)19(20(23,24)25)16-11-13(22)7-9-18(16)29-30(26,28-17)27-14-4-2-1-3-5-14/h1-11,19H. The van der Waals surface area contributed by atoms with E-state index < -0.39 is 17.5 Å². The van der Waals surface area contributed by atoms with Gasteiger partial charge in [-0.1, -0.05) is 76.2 Å². The van der Waals surface area contributed by atoms with E-state index in [0.717, 1.165) is 0 Å². The Morgan fingerprint density at radius 1 is 0.800 bits per heavy atom. The highest BCUT2D eigenvalue weighted by Gasteiger charge is 2.45. The van der Waals surface area contributed by atoms with Gasteiger partial charge < -0.3 is 13.6 Å². The predicted molar refractivity (Wildman–Crippen MR) is 121 cm³/mol. The second kappa shape index (κ2) is 8.35. The monoisotopic (exact) mass is 522 g/mol. The number of alkyl halides is 3. The molecule has 0 saturated carbocycles. The molecule has 0 radical (unpaired) electrons. The minimum absolute atomic E-state index is 0.139. The summed E-state index contributed by atoms with van der Waals surface area (Å²) < 4.78 is 28.9. The first-order chi connectivity index (χ1) is 14.1. The van der Waals surface area contributed by atoms with Crippen molar-refractivity contribution in [3.05, 3.63) is 87.9 Å². The Hall–Kier alpha value is -1.26. The first-order valence-electron chi connectivity index (χ1n) is 8.54. The molecular formula is C20H12Cl5O4P. The smallest absolute Gasteiger partial charge is 0.386 e. The Bertz CT molecular complexity index is 1070. The fourth-order valence-corrected chi connectivity index (χ4v) is 5.46. The number of para-hydroxylation sites is 1. The topological polar surface area (TPSA) is 44.8 Å². The minimum atomic E-state index is -4.20. The molecule has 3 aromatic carbocycles. The summed E-state index contributed by atoms with van der Waals surface area (Å²) in [5, 5.41) is 0.751. The van der Waals surface area contributed by atoms with Crippen molar-refractivity contribution in [3.63, 3.8) is 0 Å². The molecule has 0 aromatic heterocycles. The molecule has 156 valence electrons. The van der Waals surface area contributed by atoms with E-state index in [9.17, 15) is 4.57 Å². The molecule has 30 heavy (non-hydrogen) atoms. The van der Waals surface area contributed by atoms with Crippen molar-refractivity contribution in [1.82, 2.24) is 0 Å². The maximum Gasteiger partial charge on any atom is 0.647 e. The Balaban J connectivity index is 1.93. The Morgan fingerprint density at radius 3 is 1.77 bits per heavy atom. The molecule has 1 aliphatic rings. The second-order valence-electron chi connectivity index (χ2n) is 6.37. The van der Waals surface area contributed by atoms with E-state index in [0.29, 0.717) is 26.9 Å². The van der Waals surface area contributed by atoms with Crippen LogP contribution in [0.4, 0.5) is 0 Å². The highest BCUT2D eigenvalue weighted by molar-refractivity contribution is 7.49. The van der Waals surface area contributed by atoms with E-state index in [1.165, 1.54) is 12.1 Å². The van der Waals surface area contributed by atoms with Crippen LogP contribution in [0.1, 0.15) is 17.0 Å². The van der Waals surface area contributed by atoms with Crippen LogP contribution in [0.5, 0.6) is 17.2 Å². The molecule has 10 heteroatoms. The fraction of sp³-hybridized carbons (Fsp3) is 0.100. The van der Waals surface area contributed by atoms with E-state index in [4.69, 9.17) is 71.6 Å². The number of rotatable bonds is 2. The van der Waals surface area contributed by atoms with Crippen molar-refractivity contribution >= 4 is 65.8 Å². The molecule has 0 N–H and O–H groups in total. The average molecular weight is 525 g/mol. The zero-order chi connectivity index (χ0) is 21.5. The van der Waals surface area contributed by atoms with Crippen LogP contribution in [0.25, 0.3) is 0 Å². The molecule has 0 saturated heterocycles. The molecule has 1 aliphatic heterocycles. The van der Waals surface area contributed by atoms with Crippen molar-refractivity contribution in [1.29, 1.82) is 0 Å². The lowest BCUT2D eigenvalue weighted by Gasteiger charge is -2.32. The number of hydrogen-bond acceptors (Lipinski definition) is 4. The zero-order valence-corrected chi connectivity index (χ0v) is 19.6. The number of halogens is 5. The van der Waals surface area contributed by atoms with Crippen LogP contribution in [-0.2, 0) is 4.57 Å². The quantitative estimate of drug-likeness (QED) is 0.249. The lowest BCUT2D eigenvalue weighted by atomic mass is 9.91. The lowest BCUT2D eigenvalue weighted by molar-refractivity contribution is 0.292. The van der Waals surface area contributed by atoms with Crippen LogP contribution in [0.3, 0.4) is 0 Å². The highest BCUT2D eigenvalue weighted by atomic mass is 35.6. The molecule has 4 nitrogen and oxygen atoms in total. The average Bonchev–Trinajstić information content (AvgIpc) is 2.65. The summed E-state index contributed by atoms with van der Waals surface area (Å²) in [6.45, 7) is 0. The maximum absolute atomic E-state index is 13.6. The van der Waals surface area contributed by atoms with E-state index in [2.05, 4.69) is 0 Å². The van der Waals surface area contributed by atoms with E-state index in [1.54, 1.807) is 54.6 Å². The molecule has 3 aromatic rings. The third-order valence-electron chi connectivity index (χ3n) is 4.27. The van der Waals surface area contributed by atoms with Gasteiger partial charge in [0.25, 0.3) is 0 Å². The molecule has 0 fully saturated rings. The normalized spacial score (nSPS) is 20.6. The van der Waals surface area contributed by atoms with Crippen LogP contribution >= 0.6 is 65.8 Å². The number of phosphoric acid groups is 1. The highest BCUT2D eigenvalue weighted by Crippen LogP contribution is 2.59. The molecule has 0 amide bonds. The molecule has 0 unspecified atom stereocenters. The van der Waals surface area contributed by atoms with Crippen LogP contribution in [0.2, 0.25) is 10.0 Å². The fourth-order valence-electron chi connectivity index (χ4n) is 3.08. The molecule has 0 aliphatic carbocycles. The van der Waals surface area contributed by atoms with Crippen LogP contribution in [0.15, 0.2) is 66.7 Å². The molecule has 0 bridgehead atoms. The Kier molecular flexibility index (Phi) is 6.11. The summed E-state index contributed by atoms with van der Waals surface area (Å²) in [5.41, 5.74) is 0.789. The summed E-state index contributed by atoms with van der Waals surface area (Å²) in [4.78, 5) is 0. The molecule has 4 rings (SSSR count). The van der Waals surface area contributed by atoms with Gasteiger partial charge in [-0.25, -0.2) is 0 Å². The van der Waals surface area contributed by atoms with E-state index in [1.807, 2.05) is 0 Å². The van der Waals surface area contributed by atoms with E-state index in [-0.39, 0.29) is 11.5 Å². The molecule has 1 heterocycles. The third kappa shape index (κ3) is 4.65. The largest absolute Gasteiger partial charge is 0.647 e.